The zero-order chi connectivity index (χ0) is 22.4. The molecule has 0 aliphatic carbocycles. The summed E-state index contributed by atoms with van der Waals surface area (Å²) >= 11 is 6.10. The Labute approximate surface area is 185 Å². The summed E-state index contributed by atoms with van der Waals surface area (Å²) in [5.41, 5.74) is 1.31. The molecule has 0 aromatic heterocycles. The van der Waals surface area contributed by atoms with E-state index in [2.05, 4.69) is 10.0 Å². The first kappa shape index (κ1) is 22.6. The van der Waals surface area contributed by atoms with Gasteiger partial charge in [0.15, 0.2) is 0 Å². The number of amides is 1. The van der Waals surface area contributed by atoms with Gasteiger partial charge in [0, 0.05) is 5.56 Å². The summed E-state index contributed by atoms with van der Waals surface area (Å²) in [4.78, 5) is 12.2. The molecule has 0 heterocycles. The fraction of sp³-hybridized carbons (Fsp3) is 0.136. The van der Waals surface area contributed by atoms with Crippen molar-refractivity contribution in [3.05, 3.63) is 88.7 Å². The monoisotopic (exact) mass is 462 g/mol. The fourth-order valence-electron chi connectivity index (χ4n) is 2.70. The maximum atomic E-state index is 12.9. The molecular formula is C22H20ClFN2O4S. The Morgan fingerprint density at radius 3 is 2.48 bits per heavy atom. The van der Waals surface area contributed by atoms with Crippen LogP contribution in [0.3, 0.4) is 0 Å². The summed E-state index contributed by atoms with van der Waals surface area (Å²) in [6.45, 7) is 2.10. The van der Waals surface area contributed by atoms with Gasteiger partial charge in [-0.25, -0.2) is 12.8 Å². The Balaban J connectivity index is 1.66. The molecule has 0 saturated heterocycles. The topological polar surface area (TPSA) is 84.5 Å². The molecule has 0 bridgehead atoms. The molecule has 162 valence electrons. The van der Waals surface area contributed by atoms with Gasteiger partial charge in [-0.3, -0.25) is 9.52 Å². The highest BCUT2D eigenvalue weighted by Crippen LogP contribution is 2.26. The van der Waals surface area contributed by atoms with Crippen LogP contribution in [0, 0.1) is 12.7 Å². The number of carbonyl (C=O) groups excluding carboxylic acids is 1. The quantitative estimate of drug-likeness (QED) is 0.486. The van der Waals surface area contributed by atoms with Crippen LogP contribution in [0.25, 0.3) is 0 Å². The molecule has 1 amide bonds. The molecule has 0 aliphatic heterocycles. The molecule has 31 heavy (non-hydrogen) atoms. The Kier molecular flexibility index (Phi) is 7.14. The lowest BCUT2D eigenvalue weighted by Gasteiger charge is -2.13. The van der Waals surface area contributed by atoms with E-state index in [9.17, 15) is 17.6 Å². The van der Waals surface area contributed by atoms with Gasteiger partial charge in [-0.2, -0.15) is 0 Å². The molecule has 0 saturated carbocycles. The molecule has 6 nitrogen and oxygen atoms in total. The number of nitrogens with one attached hydrogen (secondary N) is 2. The minimum atomic E-state index is -4.00. The van der Waals surface area contributed by atoms with E-state index in [-0.39, 0.29) is 34.5 Å². The van der Waals surface area contributed by atoms with Crippen LogP contribution in [0.2, 0.25) is 5.02 Å². The van der Waals surface area contributed by atoms with Gasteiger partial charge in [-0.1, -0.05) is 29.8 Å². The molecule has 2 N–H and O–H groups in total. The minimum absolute atomic E-state index is 0.00252. The first-order chi connectivity index (χ1) is 14.8. The van der Waals surface area contributed by atoms with E-state index in [0.29, 0.717) is 11.4 Å². The second-order valence-corrected chi connectivity index (χ2v) is 8.68. The Hall–Kier alpha value is -3.10. The van der Waals surface area contributed by atoms with Crippen molar-refractivity contribution in [2.75, 3.05) is 17.9 Å². The molecule has 0 fully saturated rings. The summed E-state index contributed by atoms with van der Waals surface area (Å²) in [6, 6.07) is 16.4. The number of sulfonamides is 1. The number of rotatable bonds is 8. The third-order valence-corrected chi connectivity index (χ3v) is 6.19. The predicted molar refractivity (Wildman–Crippen MR) is 118 cm³/mol. The summed E-state index contributed by atoms with van der Waals surface area (Å²) in [6.07, 6.45) is 0. The molecule has 0 spiro atoms. The second-order valence-electron chi connectivity index (χ2n) is 6.62. The number of benzene rings is 3. The van der Waals surface area contributed by atoms with Crippen molar-refractivity contribution in [1.82, 2.24) is 5.32 Å². The minimum Gasteiger partial charge on any atom is -0.492 e. The molecule has 0 radical (unpaired) electrons. The van der Waals surface area contributed by atoms with Gasteiger partial charge in [-0.15, -0.1) is 0 Å². The largest absolute Gasteiger partial charge is 0.492 e. The van der Waals surface area contributed by atoms with Gasteiger partial charge >= 0.3 is 0 Å². The van der Waals surface area contributed by atoms with E-state index in [0.717, 1.165) is 5.56 Å². The van der Waals surface area contributed by atoms with E-state index in [1.54, 1.807) is 31.2 Å². The normalized spacial score (nSPS) is 11.1. The van der Waals surface area contributed by atoms with Crippen LogP contribution >= 0.6 is 11.6 Å². The van der Waals surface area contributed by atoms with Gasteiger partial charge in [0.1, 0.15) is 23.1 Å². The molecule has 0 atom stereocenters. The highest BCUT2D eigenvalue weighted by atomic mass is 35.5. The van der Waals surface area contributed by atoms with Crippen molar-refractivity contribution in [1.29, 1.82) is 0 Å². The number of anilines is 1. The van der Waals surface area contributed by atoms with E-state index >= 15 is 0 Å². The molecule has 3 aromatic rings. The number of ether oxygens (including phenoxy) is 1. The van der Waals surface area contributed by atoms with Crippen LogP contribution in [0.5, 0.6) is 5.75 Å². The zero-order valence-corrected chi connectivity index (χ0v) is 18.1. The molecule has 3 aromatic carbocycles. The van der Waals surface area contributed by atoms with Crippen molar-refractivity contribution < 1.29 is 22.3 Å². The number of hydrogen-bond donors (Lipinski definition) is 2. The average Bonchev–Trinajstić information content (AvgIpc) is 2.74. The lowest BCUT2D eigenvalue weighted by Crippen LogP contribution is -2.28. The summed E-state index contributed by atoms with van der Waals surface area (Å²) in [5.74, 6) is -0.379. The third kappa shape index (κ3) is 5.96. The number of halogens is 2. The SMILES string of the molecule is Cc1ccccc1NS(=O)(=O)c1cc(C(=O)NCCOc2ccc(F)cc2)ccc1Cl. The van der Waals surface area contributed by atoms with Gasteiger partial charge in [0.2, 0.25) is 0 Å². The standard InChI is InChI=1S/C22H20ClFN2O4S/c1-15-4-2-3-5-20(15)26-31(28,29)21-14-16(6-11-19(21)23)22(27)25-12-13-30-18-9-7-17(24)8-10-18/h2-11,14,26H,12-13H2,1H3,(H,25,27). The van der Waals surface area contributed by atoms with E-state index in [1.165, 1.54) is 42.5 Å². The molecular weight excluding hydrogens is 443 g/mol. The van der Waals surface area contributed by atoms with Gasteiger partial charge < -0.3 is 10.1 Å². The van der Waals surface area contributed by atoms with Gasteiger partial charge in [-0.05, 0) is 61.0 Å². The Bertz CT molecular complexity index is 1180. The molecule has 0 unspecified atom stereocenters. The lowest BCUT2D eigenvalue weighted by molar-refractivity contribution is 0.0947. The fourth-order valence-corrected chi connectivity index (χ4v) is 4.36. The van der Waals surface area contributed by atoms with Crippen LogP contribution in [0.4, 0.5) is 10.1 Å². The maximum absolute atomic E-state index is 12.9. The van der Waals surface area contributed by atoms with Crippen LogP contribution in [0.15, 0.2) is 71.6 Å². The second kappa shape index (κ2) is 9.80. The van der Waals surface area contributed by atoms with Crippen molar-refractivity contribution in [2.45, 2.75) is 11.8 Å². The number of para-hydroxylation sites is 1. The van der Waals surface area contributed by atoms with E-state index in [4.69, 9.17) is 16.3 Å². The first-order valence-corrected chi connectivity index (χ1v) is 11.2. The number of hydrogen-bond acceptors (Lipinski definition) is 4. The average molecular weight is 463 g/mol. The van der Waals surface area contributed by atoms with Gasteiger partial charge in [0.05, 0.1) is 17.3 Å². The lowest BCUT2D eigenvalue weighted by atomic mass is 10.2. The molecule has 0 aliphatic rings. The summed E-state index contributed by atoms with van der Waals surface area (Å²) in [5, 5.41) is 2.64. The first-order valence-electron chi connectivity index (χ1n) is 9.31. The molecule has 9 heteroatoms. The predicted octanol–water partition coefficient (Wildman–Crippen LogP) is 4.40. The van der Waals surface area contributed by atoms with Crippen LogP contribution < -0.4 is 14.8 Å². The van der Waals surface area contributed by atoms with Crippen molar-refractivity contribution >= 4 is 33.2 Å². The van der Waals surface area contributed by atoms with Crippen LogP contribution in [-0.2, 0) is 10.0 Å². The zero-order valence-electron chi connectivity index (χ0n) is 16.6. The maximum Gasteiger partial charge on any atom is 0.263 e. The van der Waals surface area contributed by atoms with Crippen molar-refractivity contribution in [3.8, 4) is 5.75 Å². The number of aryl methyl sites for hydroxylation is 1. The summed E-state index contributed by atoms with van der Waals surface area (Å²) < 4.78 is 46.4. The smallest absolute Gasteiger partial charge is 0.263 e. The highest BCUT2D eigenvalue weighted by Gasteiger charge is 2.21. The third-order valence-electron chi connectivity index (χ3n) is 4.34. The highest BCUT2D eigenvalue weighted by molar-refractivity contribution is 7.92. The van der Waals surface area contributed by atoms with Crippen LogP contribution in [0.1, 0.15) is 15.9 Å². The molecule has 3 rings (SSSR count). The van der Waals surface area contributed by atoms with Crippen LogP contribution in [-0.4, -0.2) is 27.5 Å². The number of carbonyl (C=O) groups is 1. The van der Waals surface area contributed by atoms with Crippen molar-refractivity contribution in [2.24, 2.45) is 0 Å². The van der Waals surface area contributed by atoms with Crippen molar-refractivity contribution in [3.63, 3.8) is 0 Å². The van der Waals surface area contributed by atoms with E-state index in [1.807, 2.05) is 0 Å². The Morgan fingerprint density at radius 1 is 1.06 bits per heavy atom. The van der Waals surface area contributed by atoms with Gasteiger partial charge in [0.25, 0.3) is 15.9 Å². The summed E-state index contributed by atoms with van der Waals surface area (Å²) in [7, 11) is -4.00. The van der Waals surface area contributed by atoms with E-state index < -0.39 is 15.9 Å². The Morgan fingerprint density at radius 2 is 1.77 bits per heavy atom.